The van der Waals surface area contributed by atoms with Crippen LogP contribution in [0, 0.1) is 5.92 Å². The first kappa shape index (κ1) is 11.2. The third-order valence-electron chi connectivity index (χ3n) is 3.31. The summed E-state index contributed by atoms with van der Waals surface area (Å²) in [5, 5.41) is 0. The van der Waals surface area contributed by atoms with Crippen LogP contribution in [0.1, 0.15) is 38.2 Å². The molecule has 0 fully saturated rings. The van der Waals surface area contributed by atoms with Gasteiger partial charge in [-0.1, -0.05) is 62.4 Å². The van der Waals surface area contributed by atoms with Gasteiger partial charge in [0.1, 0.15) is 0 Å². The summed E-state index contributed by atoms with van der Waals surface area (Å²) >= 11 is 0. The van der Waals surface area contributed by atoms with Gasteiger partial charge in [0, 0.05) is 5.92 Å². The lowest BCUT2D eigenvalue weighted by Crippen LogP contribution is -2.04. The van der Waals surface area contributed by atoms with E-state index in [-0.39, 0.29) is 0 Å². The second kappa shape index (κ2) is 5.16. The Bertz CT molecular complexity index is 384. The molecule has 0 spiro atoms. The molecular formula is C16H20. The largest absolute Gasteiger partial charge is 0.0837 e. The molecule has 0 heterocycles. The second-order valence-electron chi connectivity index (χ2n) is 4.65. The maximum Gasteiger partial charge on any atom is 0.00835 e. The monoisotopic (exact) mass is 212 g/mol. The van der Waals surface area contributed by atoms with E-state index < -0.39 is 0 Å². The van der Waals surface area contributed by atoms with Crippen LogP contribution in [0.25, 0.3) is 0 Å². The SMILES string of the molecule is CCC(C1=CC(C)CC=C1)c1ccccc1. The molecule has 1 aromatic rings. The van der Waals surface area contributed by atoms with E-state index in [4.69, 9.17) is 0 Å². The molecule has 0 amide bonds. The molecule has 2 atom stereocenters. The van der Waals surface area contributed by atoms with Crippen LogP contribution in [0.5, 0.6) is 0 Å². The van der Waals surface area contributed by atoms with Gasteiger partial charge < -0.3 is 0 Å². The zero-order valence-corrected chi connectivity index (χ0v) is 10.2. The van der Waals surface area contributed by atoms with Gasteiger partial charge in [-0.2, -0.15) is 0 Å². The summed E-state index contributed by atoms with van der Waals surface area (Å²) in [5.41, 5.74) is 2.93. The van der Waals surface area contributed by atoms with E-state index in [1.54, 1.807) is 0 Å². The van der Waals surface area contributed by atoms with Gasteiger partial charge in [-0.15, -0.1) is 0 Å². The molecule has 1 aliphatic carbocycles. The average Bonchev–Trinajstić information content (AvgIpc) is 2.31. The topological polar surface area (TPSA) is 0 Å². The van der Waals surface area contributed by atoms with Gasteiger partial charge in [-0.3, -0.25) is 0 Å². The first-order chi connectivity index (χ1) is 7.81. The molecule has 0 radical (unpaired) electrons. The molecule has 1 aliphatic rings. The molecule has 0 aromatic heterocycles. The molecule has 16 heavy (non-hydrogen) atoms. The van der Waals surface area contributed by atoms with E-state index in [1.807, 2.05) is 0 Å². The number of hydrogen-bond donors (Lipinski definition) is 0. The Kier molecular flexibility index (Phi) is 3.61. The van der Waals surface area contributed by atoms with Crippen molar-refractivity contribution in [2.45, 2.75) is 32.6 Å². The summed E-state index contributed by atoms with van der Waals surface area (Å²) in [6, 6.07) is 10.8. The highest BCUT2D eigenvalue weighted by atomic mass is 14.2. The Balaban J connectivity index is 2.27. The van der Waals surface area contributed by atoms with Crippen molar-refractivity contribution in [3.63, 3.8) is 0 Å². The standard InChI is InChI=1S/C16H20/c1-3-16(14-9-5-4-6-10-14)15-11-7-8-13(2)12-15/h4-7,9-13,16H,3,8H2,1-2H3. The Hall–Kier alpha value is -1.30. The number of allylic oxidation sites excluding steroid dienone is 4. The van der Waals surface area contributed by atoms with Crippen LogP contribution in [0.15, 0.2) is 54.1 Å². The fourth-order valence-corrected chi connectivity index (χ4v) is 2.45. The van der Waals surface area contributed by atoms with Crippen LogP contribution in [0.2, 0.25) is 0 Å². The van der Waals surface area contributed by atoms with Crippen molar-refractivity contribution < 1.29 is 0 Å². The van der Waals surface area contributed by atoms with Crippen LogP contribution < -0.4 is 0 Å². The van der Waals surface area contributed by atoms with Gasteiger partial charge >= 0.3 is 0 Å². The van der Waals surface area contributed by atoms with Crippen molar-refractivity contribution >= 4 is 0 Å². The van der Waals surface area contributed by atoms with E-state index in [2.05, 4.69) is 62.4 Å². The molecule has 0 nitrogen and oxygen atoms in total. The summed E-state index contributed by atoms with van der Waals surface area (Å²) in [6.45, 7) is 4.56. The quantitative estimate of drug-likeness (QED) is 0.681. The number of hydrogen-bond acceptors (Lipinski definition) is 0. The van der Waals surface area contributed by atoms with Gasteiger partial charge in [0.25, 0.3) is 0 Å². The summed E-state index contributed by atoms with van der Waals surface area (Å²) in [6.07, 6.45) is 9.41. The van der Waals surface area contributed by atoms with Crippen LogP contribution in [-0.4, -0.2) is 0 Å². The maximum absolute atomic E-state index is 2.43. The van der Waals surface area contributed by atoms with Crippen LogP contribution >= 0.6 is 0 Å². The van der Waals surface area contributed by atoms with Crippen molar-refractivity contribution in [2.24, 2.45) is 5.92 Å². The molecule has 84 valence electrons. The van der Waals surface area contributed by atoms with Crippen LogP contribution in [-0.2, 0) is 0 Å². The van der Waals surface area contributed by atoms with Crippen molar-refractivity contribution in [1.29, 1.82) is 0 Å². The Morgan fingerprint density at radius 3 is 2.62 bits per heavy atom. The predicted octanol–water partition coefficient (Wildman–Crippen LogP) is 4.70. The van der Waals surface area contributed by atoms with Crippen LogP contribution in [0.3, 0.4) is 0 Å². The summed E-state index contributed by atoms with van der Waals surface area (Å²) in [5.74, 6) is 1.26. The second-order valence-corrected chi connectivity index (χ2v) is 4.65. The molecule has 0 bridgehead atoms. The highest BCUT2D eigenvalue weighted by Gasteiger charge is 2.15. The Morgan fingerprint density at radius 2 is 2.00 bits per heavy atom. The van der Waals surface area contributed by atoms with Crippen molar-refractivity contribution in [1.82, 2.24) is 0 Å². The van der Waals surface area contributed by atoms with E-state index in [0.717, 1.165) is 0 Å². The highest BCUT2D eigenvalue weighted by Crippen LogP contribution is 2.32. The van der Waals surface area contributed by atoms with Gasteiger partial charge in [0.15, 0.2) is 0 Å². The molecule has 0 saturated carbocycles. The molecule has 0 aliphatic heterocycles. The fourth-order valence-electron chi connectivity index (χ4n) is 2.45. The summed E-state index contributed by atoms with van der Waals surface area (Å²) in [4.78, 5) is 0. The summed E-state index contributed by atoms with van der Waals surface area (Å²) < 4.78 is 0. The van der Waals surface area contributed by atoms with Gasteiger partial charge in [0.2, 0.25) is 0 Å². The zero-order valence-electron chi connectivity index (χ0n) is 10.2. The molecule has 1 aromatic carbocycles. The van der Waals surface area contributed by atoms with Crippen molar-refractivity contribution in [2.75, 3.05) is 0 Å². The van der Waals surface area contributed by atoms with Gasteiger partial charge in [0.05, 0.1) is 0 Å². The smallest absolute Gasteiger partial charge is 0.00835 e. The fraction of sp³-hybridized carbons (Fsp3) is 0.375. The maximum atomic E-state index is 2.43. The third kappa shape index (κ3) is 2.44. The van der Waals surface area contributed by atoms with E-state index in [0.29, 0.717) is 11.8 Å². The lowest BCUT2D eigenvalue weighted by molar-refractivity contribution is 0.692. The average molecular weight is 212 g/mol. The molecule has 0 heteroatoms. The van der Waals surface area contributed by atoms with Gasteiger partial charge in [-0.25, -0.2) is 0 Å². The number of benzene rings is 1. The van der Waals surface area contributed by atoms with Crippen LogP contribution in [0.4, 0.5) is 0 Å². The molecule has 0 N–H and O–H groups in total. The van der Waals surface area contributed by atoms with E-state index in [1.165, 1.54) is 24.0 Å². The zero-order chi connectivity index (χ0) is 11.4. The molecule has 0 saturated heterocycles. The first-order valence-electron chi connectivity index (χ1n) is 6.24. The lowest BCUT2D eigenvalue weighted by Gasteiger charge is -2.21. The molecular weight excluding hydrogens is 192 g/mol. The van der Waals surface area contributed by atoms with E-state index in [9.17, 15) is 0 Å². The Labute approximate surface area is 98.7 Å². The molecule has 2 unspecified atom stereocenters. The summed E-state index contributed by atoms with van der Waals surface area (Å²) in [7, 11) is 0. The van der Waals surface area contributed by atoms with Crippen molar-refractivity contribution in [3.05, 3.63) is 59.7 Å². The van der Waals surface area contributed by atoms with Crippen molar-refractivity contribution in [3.8, 4) is 0 Å². The minimum absolute atomic E-state index is 0.570. The minimum Gasteiger partial charge on any atom is -0.0837 e. The Morgan fingerprint density at radius 1 is 1.25 bits per heavy atom. The minimum atomic E-state index is 0.570. The highest BCUT2D eigenvalue weighted by molar-refractivity contribution is 5.36. The predicted molar refractivity (Wildman–Crippen MR) is 70.5 cm³/mol. The lowest BCUT2D eigenvalue weighted by atomic mass is 9.84. The molecule has 2 rings (SSSR count). The normalized spacial score (nSPS) is 21.6. The first-order valence-corrected chi connectivity index (χ1v) is 6.24. The van der Waals surface area contributed by atoms with Gasteiger partial charge in [-0.05, 0) is 29.9 Å². The number of rotatable bonds is 3. The van der Waals surface area contributed by atoms with E-state index >= 15 is 0 Å². The third-order valence-corrected chi connectivity index (χ3v) is 3.31.